The maximum absolute atomic E-state index is 12.5. The first-order valence-corrected chi connectivity index (χ1v) is 9.51. The van der Waals surface area contributed by atoms with Crippen LogP contribution in [0.1, 0.15) is 34.3 Å². The first kappa shape index (κ1) is 17.0. The van der Waals surface area contributed by atoms with E-state index in [2.05, 4.69) is 41.3 Å². The summed E-state index contributed by atoms with van der Waals surface area (Å²) in [6.45, 7) is 3.57. The Kier molecular flexibility index (Phi) is 5.16. The molecular formula is C23H25NO2. The lowest BCUT2D eigenvalue weighted by Crippen LogP contribution is -2.31. The molecule has 2 aliphatic heterocycles. The van der Waals surface area contributed by atoms with Gasteiger partial charge < -0.3 is 4.74 Å². The van der Waals surface area contributed by atoms with Crippen molar-refractivity contribution in [3.63, 3.8) is 0 Å². The van der Waals surface area contributed by atoms with Gasteiger partial charge in [-0.3, -0.25) is 9.69 Å². The highest BCUT2D eigenvalue weighted by Gasteiger charge is 2.17. The van der Waals surface area contributed by atoms with E-state index in [1.54, 1.807) is 0 Å². The molecule has 2 aliphatic rings. The average Bonchev–Trinajstić information content (AvgIpc) is 3.16. The Labute approximate surface area is 155 Å². The van der Waals surface area contributed by atoms with Crippen molar-refractivity contribution in [1.82, 2.24) is 4.90 Å². The van der Waals surface area contributed by atoms with Crippen LogP contribution in [0.2, 0.25) is 0 Å². The van der Waals surface area contributed by atoms with Gasteiger partial charge in [0.1, 0.15) is 5.75 Å². The van der Waals surface area contributed by atoms with Gasteiger partial charge in [0.2, 0.25) is 0 Å². The topological polar surface area (TPSA) is 29.5 Å². The third-order valence-electron chi connectivity index (χ3n) is 5.33. The Hall–Kier alpha value is -2.39. The lowest BCUT2D eigenvalue weighted by molar-refractivity contribution is 0.0965. The van der Waals surface area contributed by atoms with E-state index in [4.69, 9.17) is 4.74 Å². The molecule has 134 valence electrons. The van der Waals surface area contributed by atoms with Crippen LogP contribution in [-0.4, -0.2) is 36.9 Å². The van der Waals surface area contributed by atoms with Gasteiger partial charge in [0.25, 0.3) is 0 Å². The molecule has 4 rings (SSSR count). The zero-order valence-electron chi connectivity index (χ0n) is 15.1. The van der Waals surface area contributed by atoms with E-state index in [0.717, 1.165) is 56.8 Å². The van der Waals surface area contributed by atoms with Gasteiger partial charge in [-0.25, -0.2) is 0 Å². The van der Waals surface area contributed by atoms with Gasteiger partial charge in [0.05, 0.1) is 6.61 Å². The normalized spacial score (nSPS) is 16.7. The van der Waals surface area contributed by atoms with Crippen molar-refractivity contribution in [1.29, 1.82) is 0 Å². The Morgan fingerprint density at radius 2 is 1.96 bits per heavy atom. The second-order valence-electron chi connectivity index (χ2n) is 7.17. The molecule has 0 spiro atoms. The summed E-state index contributed by atoms with van der Waals surface area (Å²) in [5, 5.41) is 0. The molecule has 2 heterocycles. The lowest BCUT2D eigenvalue weighted by Gasteiger charge is -2.26. The van der Waals surface area contributed by atoms with Crippen molar-refractivity contribution >= 4 is 5.78 Å². The molecule has 0 amide bonds. The number of ether oxygens (including phenoxy) is 1. The fraction of sp³-hybridized carbons (Fsp3) is 0.348. The Morgan fingerprint density at radius 3 is 2.77 bits per heavy atom. The van der Waals surface area contributed by atoms with Crippen molar-refractivity contribution in [2.45, 2.75) is 25.7 Å². The van der Waals surface area contributed by atoms with Gasteiger partial charge >= 0.3 is 0 Å². The summed E-state index contributed by atoms with van der Waals surface area (Å²) >= 11 is 0. The van der Waals surface area contributed by atoms with E-state index < -0.39 is 0 Å². The fourth-order valence-corrected chi connectivity index (χ4v) is 3.74. The van der Waals surface area contributed by atoms with Crippen molar-refractivity contribution in [2.24, 2.45) is 0 Å². The number of hydrogen-bond donors (Lipinski definition) is 0. The highest BCUT2D eigenvalue weighted by atomic mass is 16.5. The van der Waals surface area contributed by atoms with Crippen molar-refractivity contribution < 1.29 is 9.53 Å². The highest BCUT2D eigenvalue weighted by Crippen LogP contribution is 2.26. The maximum Gasteiger partial charge on any atom is 0.164 e. The van der Waals surface area contributed by atoms with Crippen LogP contribution >= 0.6 is 0 Å². The van der Waals surface area contributed by atoms with Crippen LogP contribution in [0.4, 0.5) is 0 Å². The average molecular weight is 347 g/mol. The van der Waals surface area contributed by atoms with E-state index >= 15 is 0 Å². The van der Waals surface area contributed by atoms with E-state index in [9.17, 15) is 4.79 Å². The Morgan fingerprint density at radius 1 is 1.08 bits per heavy atom. The van der Waals surface area contributed by atoms with Crippen molar-refractivity contribution in [3.8, 4) is 5.75 Å². The molecule has 0 aliphatic carbocycles. The Bertz CT molecular complexity index is 810. The number of benzene rings is 2. The molecule has 0 saturated heterocycles. The first-order valence-electron chi connectivity index (χ1n) is 9.51. The maximum atomic E-state index is 12.5. The fourth-order valence-electron chi connectivity index (χ4n) is 3.74. The van der Waals surface area contributed by atoms with Crippen molar-refractivity contribution in [2.75, 3.05) is 26.2 Å². The molecule has 3 nitrogen and oxygen atoms in total. The number of Topliss-reactive ketones (excluding diaryl/α,β-unsaturated/α-hetero) is 1. The molecule has 0 N–H and O–H groups in total. The van der Waals surface area contributed by atoms with Crippen molar-refractivity contribution in [3.05, 3.63) is 76.9 Å². The van der Waals surface area contributed by atoms with E-state index in [1.165, 1.54) is 16.7 Å². The molecule has 0 saturated carbocycles. The minimum Gasteiger partial charge on any atom is -0.493 e. The zero-order chi connectivity index (χ0) is 17.8. The van der Waals surface area contributed by atoms with Crippen LogP contribution in [0.25, 0.3) is 0 Å². The van der Waals surface area contributed by atoms with Crippen LogP contribution in [0, 0.1) is 0 Å². The summed E-state index contributed by atoms with van der Waals surface area (Å²) in [4.78, 5) is 14.9. The van der Waals surface area contributed by atoms with Crippen LogP contribution in [0.15, 0.2) is 60.2 Å². The summed E-state index contributed by atoms with van der Waals surface area (Å²) < 4.78 is 5.51. The van der Waals surface area contributed by atoms with Gasteiger partial charge in [0.15, 0.2) is 5.78 Å². The van der Waals surface area contributed by atoms with Gasteiger partial charge in [-0.1, -0.05) is 42.0 Å². The van der Waals surface area contributed by atoms with Crippen LogP contribution in [0.3, 0.4) is 0 Å². The smallest absolute Gasteiger partial charge is 0.164 e. The van der Waals surface area contributed by atoms with Gasteiger partial charge in [-0.05, 0) is 42.2 Å². The van der Waals surface area contributed by atoms with Gasteiger partial charge in [-0.2, -0.15) is 0 Å². The SMILES string of the molecule is O=C(CCN1CC=C(Cc2ccccc2)CC1)c1ccc2c(c1)CCO2. The molecular weight excluding hydrogens is 322 g/mol. The number of rotatable bonds is 6. The number of carbonyl (C=O) groups excluding carboxylic acids is 1. The van der Waals surface area contributed by atoms with E-state index in [1.807, 2.05) is 18.2 Å². The summed E-state index contributed by atoms with van der Waals surface area (Å²) in [5.74, 6) is 1.17. The predicted molar refractivity (Wildman–Crippen MR) is 104 cm³/mol. The van der Waals surface area contributed by atoms with Crippen LogP contribution in [-0.2, 0) is 12.8 Å². The standard InChI is InChI=1S/C23H25NO2/c25-22(20-6-7-23-21(17-20)11-15-26-23)10-14-24-12-8-19(9-13-24)16-18-4-2-1-3-5-18/h1-8,17H,9-16H2. The molecule has 0 radical (unpaired) electrons. The molecule has 0 aromatic heterocycles. The van der Waals surface area contributed by atoms with E-state index in [0.29, 0.717) is 6.42 Å². The molecule has 2 aromatic rings. The van der Waals surface area contributed by atoms with Crippen LogP contribution in [0.5, 0.6) is 5.75 Å². The van der Waals surface area contributed by atoms with Crippen LogP contribution < -0.4 is 4.74 Å². The largest absolute Gasteiger partial charge is 0.493 e. The lowest BCUT2D eigenvalue weighted by atomic mass is 9.99. The molecule has 0 atom stereocenters. The zero-order valence-corrected chi connectivity index (χ0v) is 15.1. The molecule has 0 bridgehead atoms. The molecule has 26 heavy (non-hydrogen) atoms. The molecule has 3 heteroatoms. The quantitative estimate of drug-likeness (QED) is 0.583. The monoisotopic (exact) mass is 347 g/mol. The molecule has 0 unspecified atom stereocenters. The Balaban J connectivity index is 1.27. The number of hydrogen-bond acceptors (Lipinski definition) is 3. The highest BCUT2D eigenvalue weighted by molar-refractivity contribution is 5.96. The second kappa shape index (κ2) is 7.88. The third-order valence-corrected chi connectivity index (χ3v) is 5.33. The minimum atomic E-state index is 0.235. The number of fused-ring (bicyclic) bond motifs is 1. The number of nitrogens with zero attached hydrogens (tertiary/aromatic N) is 1. The number of carbonyl (C=O) groups is 1. The summed E-state index contributed by atoms with van der Waals surface area (Å²) in [7, 11) is 0. The van der Waals surface area contributed by atoms with E-state index in [-0.39, 0.29) is 5.78 Å². The minimum absolute atomic E-state index is 0.235. The summed E-state index contributed by atoms with van der Waals surface area (Å²) in [6.07, 6.45) is 5.98. The summed E-state index contributed by atoms with van der Waals surface area (Å²) in [5.41, 5.74) is 4.88. The first-order chi connectivity index (χ1) is 12.8. The molecule has 2 aromatic carbocycles. The predicted octanol–water partition coefficient (Wildman–Crippen LogP) is 4.07. The summed E-state index contributed by atoms with van der Waals surface area (Å²) in [6, 6.07) is 16.5. The number of ketones is 1. The second-order valence-corrected chi connectivity index (χ2v) is 7.17. The molecule has 0 fully saturated rings. The van der Waals surface area contributed by atoms with Gasteiger partial charge in [-0.15, -0.1) is 0 Å². The third kappa shape index (κ3) is 4.05. The van der Waals surface area contributed by atoms with Gasteiger partial charge in [0, 0.05) is 38.0 Å².